The van der Waals surface area contributed by atoms with E-state index in [4.69, 9.17) is 5.10 Å². The fourth-order valence-corrected chi connectivity index (χ4v) is 8.44. The SMILES string of the molecule is C1=CC2=CC=CC3=C4C5=C(C(=C1)N23)c1ccccc1B5c1c2c(cc3cnn4c13)C1CCC2CC1. The van der Waals surface area contributed by atoms with E-state index in [1.165, 1.54) is 81.4 Å². The Morgan fingerprint density at radius 1 is 0.943 bits per heavy atom. The fourth-order valence-electron chi connectivity index (χ4n) is 8.44. The first-order valence-electron chi connectivity index (χ1n) is 13.1. The van der Waals surface area contributed by atoms with Crippen LogP contribution in [0.15, 0.2) is 95.5 Å². The van der Waals surface area contributed by atoms with Gasteiger partial charge in [-0.05, 0) is 95.5 Å². The quantitative estimate of drug-likeness (QED) is 0.447. The molecule has 2 aromatic carbocycles. The normalized spacial score (nSPS) is 25.6. The molecule has 1 fully saturated rings. The molecule has 0 saturated heterocycles. The molecule has 2 bridgehead atoms. The maximum atomic E-state index is 5.10. The highest BCUT2D eigenvalue weighted by Crippen LogP contribution is 2.54. The molecule has 8 aliphatic rings. The van der Waals surface area contributed by atoms with Crippen LogP contribution in [0.4, 0.5) is 0 Å². The van der Waals surface area contributed by atoms with Gasteiger partial charge in [-0.25, -0.2) is 4.68 Å². The highest BCUT2D eigenvalue weighted by Gasteiger charge is 2.51. The second-order valence-corrected chi connectivity index (χ2v) is 11.1. The van der Waals surface area contributed by atoms with Crippen molar-refractivity contribution in [3.05, 3.63) is 112 Å². The van der Waals surface area contributed by atoms with Gasteiger partial charge >= 0.3 is 0 Å². The van der Waals surface area contributed by atoms with E-state index in [2.05, 4.69) is 82.6 Å². The lowest BCUT2D eigenvalue weighted by molar-refractivity contribution is 0.361. The van der Waals surface area contributed by atoms with Crippen molar-refractivity contribution in [2.45, 2.75) is 37.5 Å². The van der Waals surface area contributed by atoms with Gasteiger partial charge in [-0.3, -0.25) is 0 Å². The van der Waals surface area contributed by atoms with Crippen LogP contribution < -0.4 is 10.9 Å². The maximum absolute atomic E-state index is 5.10. The summed E-state index contributed by atoms with van der Waals surface area (Å²) in [4.78, 5) is 2.45. The van der Waals surface area contributed by atoms with Crippen LogP contribution in [0.25, 0.3) is 22.2 Å². The highest BCUT2D eigenvalue weighted by molar-refractivity contribution is 6.98. The summed E-state index contributed by atoms with van der Waals surface area (Å²) in [6.07, 6.45) is 21.0. The van der Waals surface area contributed by atoms with Gasteiger partial charge in [0.25, 0.3) is 0 Å². The van der Waals surface area contributed by atoms with Crippen LogP contribution in [-0.2, 0) is 0 Å². The van der Waals surface area contributed by atoms with E-state index in [0.717, 1.165) is 5.92 Å². The van der Waals surface area contributed by atoms with Crippen LogP contribution in [-0.4, -0.2) is 21.4 Å². The molecule has 11 rings (SSSR count). The predicted octanol–water partition coefficient (Wildman–Crippen LogP) is 5.11. The largest absolute Gasteiger partial charge is 0.308 e. The zero-order valence-electron chi connectivity index (χ0n) is 19.3. The standard InChI is InChI=1S/C31H22BN3/c1-2-8-23-21(7-1)27-24-9-3-5-20-6-4-10-25(34(20)24)31-29(27)32(23)28-26-18-13-11-17(12-14-18)22(26)15-19-16-33-35(31)30(19)28/h1-10,15-18H,11-14H2. The molecule has 35 heavy (non-hydrogen) atoms. The summed E-state index contributed by atoms with van der Waals surface area (Å²) in [5.74, 6) is 1.43. The molecule has 3 nitrogen and oxygen atoms in total. The molecule has 3 aromatic rings. The lowest BCUT2D eigenvalue weighted by Crippen LogP contribution is -2.51. The average Bonchev–Trinajstić information content (AvgIpc) is 3.49. The molecule has 0 unspecified atom stereocenters. The Hall–Kier alpha value is -3.79. The van der Waals surface area contributed by atoms with E-state index in [1.54, 1.807) is 16.6 Å². The van der Waals surface area contributed by atoms with E-state index in [1.807, 2.05) is 0 Å². The van der Waals surface area contributed by atoms with Gasteiger partial charge in [0.05, 0.1) is 28.8 Å². The number of hydrogen-bond acceptors (Lipinski definition) is 2. The minimum Gasteiger partial charge on any atom is -0.308 e. The number of allylic oxidation sites excluding steroid dienone is 9. The highest BCUT2D eigenvalue weighted by atomic mass is 15.3. The minimum absolute atomic E-state index is 0.293. The summed E-state index contributed by atoms with van der Waals surface area (Å²) in [6, 6.07) is 11.7. The predicted molar refractivity (Wildman–Crippen MR) is 142 cm³/mol. The van der Waals surface area contributed by atoms with Crippen molar-refractivity contribution >= 4 is 39.8 Å². The van der Waals surface area contributed by atoms with E-state index < -0.39 is 0 Å². The molecule has 5 aliphatic heterocycles. The van der Waals surface area contributed by atoms with E-state index in [9.17, 15) is 0 Å². The van der Waals surface area contributed by atoms with Crippen LogP contribution in [0, 0.1) is 0 Å². The summed E-state index contributed by atoms with van der Waals surface area (Å²) in [6.45, 7) is 0.293. The molecule has 0 spiro atoms. The molecule has 1 aromatic heterocycles. The first-order valence-corrected chi connectivity index (χ1v) is 13.1. The molecule has 0 N–H and O–H groups in total. The van der Waals surface area contributed by atoms with Gasteiger partial charge < -0.3 is 4.90 Å². The maximum Gasteiger partial charge on any atom is 0.249 e. The Morgan fingerprint density at radius 2 is 1.80 bits per heavy atom. The molecular weight excluding hydrogens is 425 g/mol. The number of hydrogen-bond donors (Lipinski definition) is 0. The van der Waals surface area contributed by atoms with E-state index in [-0.39, 0.29) is 0 Å². The monoisotopic (exact) mass is 447 g/mol. The topological polar surface area (TPSA) is 21.1 Å². The molecule has 4 heteroatoms. The minimum atomic E-state index is 0.293. The summed E-state index contributed by atoms with van der Waals surface area (Å²) in [7, 11) is 0. The van der Waals surface area contributed by atoms with Gasteiger partial charge in [-0.1, -0.05) is 41.9 Å². The third-order valence-corrected chi connectivity index (χ3v) is 9.68. The van der Waals surface area contributed by atoms with E-state index >= 15 is 0 Å². The number of benzene rings is 2. The van der Waals surface area contributed by atoms with Gasteiger partial charge in [-0.15, -0.1) is 0 Å². The van der Waals surface area contributed by atoms with Crippen molar-refractivity contribution in [2.24, 2.45) is 0 Å². The second-order valence-electron chi connectivity index (χ2n) is 11.1. The number of nitrogens with zero attached hydrogens (tertiary/aromatic N) is 3. The first-order chi connectivity index (χ1) is 17.4. The second kappa shape index (κ2) is 5.71. The molecule has 3 aliphatic carbocycles. The fraction of sp³-hybridized carbons (Fsp3) is 0.194. The Bertz CT molecular complexity index is 1760. The average molecular weight is 447 g/mol. The first kappa shape index (κ1) is 17.6. The summed E-state index contributed by atoms with van der Waals surface area (Å²) < 4.78 is 2.31. The molecule has 0 atom stereocenters. The lowest BCUT2D eigenvalue weighted by atomic mass is 9.34. The Balaban J connectivity index is 1.43. The van der Waals surface area contributed by atoms with Crippen LogP contribution in [0.3, 0.4) is 0 Å². The van der Waals surface area contributed by atoms with Crippen LogP contribution >= 0.6 is 0 Å². The van der Waals surface area contributed by atoms with Gasteiger partial charge in [0.2, 0.25) is 6.71 Å². The summed E-state index contributed by atoms with van der Waals surface area (Å²) in [5.41, 5.74) is 17.1. The molecule has 1 saturated carbocycles. The Kier molecular flexibility index (Phi) is 2.87. The van der Waals surface area contributed by atoms with Crippen LogP contribution in [0.5, 0.6) is 0 Å². The van der Waals surface area contributed by atoms with Crippen molar-refractivity contribution in [1.29, 1.82) is 0 Å². The van der Waals surface area contributed by atoms with Crippen LogP contribution in [0.2, 0.25) is 0 Å². The van der Waals surface area contributed by atoms with Gasteiger partial charge in [-0.2, -0.15) is 5.10 Å². The van der Waals surface area contributed by atoms with Crippen molar-refractivity contribution in [1.82, 2.24) is 14.7 Å². The molecule has 0 amide bonds. The summed E-state index contributed by atoms with van der Waals surface area (Å²) in [5, 5.41) is 6.42. The van der Waals surface area contributed by atoms with Gasteiger partial charge in [0.1, 0.15) is 0 Å². The molecule has 164 valence electrons. The van der Waals surface area contributed by atoms with Crippen molar-refractivity contribution < 1.29 is 0 Å². The Labute approximate surface area is 204 Å². The number of fused-ring (bicyclic) bond motifs is 8. The molecule has 6 heterocycles. The lowest BCUT2D eigenvalue weighted by Gasteiger charge is -2.44. The van der Waals surface area contributed by atoms with Crippen LogP contribution in [0.1, 0.15) is 54.2 Å². The zero-order valence-corrected chi connectivity index (χ0v) is 19.3. The molecule has 0 radical (unpaired) electrons. The number of aromatic nitrogens is 2. The van der Waals surface area contributed by atoms with Gasteiger partial charge in [0, 0.05) is 16.7 Å². The third kappa shape index (κ3) is 1.84. The van der Waals surface area contributed by atoms with Crippen molar-refractivity contribution in [2.75, 3.05) is 0 Å². The van der Waals surface area contributed by atoms with Gasteiger partial charge in [0.15, 0.2) is 0 Å². The van der Waals surface area contributed by atoms with Crippen molar-refractivity contribution in [3.63, 3.8) is 0 Å². The smallest absolute Gasteiger partial charge is 0.249 e. The zero-order chi connectivity index (χ0) is 22.4. The Morgan fingerprint density at radius 3 is 2.74 bits per heavy atom. The van der Waals surface area contributed by atoms with E-state index in [0.29, 0.717) is 12.6 Å². The van der Waals surface area contributed by atoms with Crippen molar-refractivity contribution in [3.8, 4) is 0 Å². The molecular formula is C31H22BN3. The third-order valence-electron chi connectivity index (χ3n) is 9.68. The summed E-state index contributed by atoms with van der Waals surface area (Å²) >= 11 is 0. The number of rotatable bonds is 0.